The third-order valence-electron chi connectivity index (χ3n) is 3.23. The Morgan fingerprint density at radius 1 is 1.35 bits per heavy atom. The Morgan fingerprint density at radius 3 is 2.78 bits per heavy atom. The van der Waals surface area contributed by atoms with Crippen LogP contribution in [0.1, 0.15) is 12.0 Å². The monoisotopic (exact) mass is 358 g/mol. The third kappa shape index (κ3) is 5.52. The van der Waals surface area contributed by atoms with Crippen molar-refractivity contribution in [3.8, 4) is 0 Å². The Morgan fingerprint density at radius 2 is 2.13 bits per heavy atom. The molecule has 0 bridgehead atoms. The molecule has 0 atom stereocenters. The molecule has 1 aliphatic rings. The first-order valence-electron chi connectivity index (χ1n) is 7.03. The molecule has 0 unspecified atom stereocenters. The van der Waals surface area contributed by atoms with Crippen molar-refractivity contribution in [3.05, 3.63) is 29.8 Å². The number of carboxylic acid groups (broad SMARTS) is 1. The second-order valence-electron chi connectivity index (χ2n) is 5.14. The van der Waals surface area contributed by atoms with E-state index in [0.717, 1.165) is 5.56 Å². The Kier molecular flexibility index (Phi) is 6.03. The molecular weight excluding hydrogens is 340 g/mol. The molecule has 0 spiro atoms. The molecule has 126 valence electrons. The molecule has 1 amide bonds. The molecular formula is C14H18N2O5S2. The van der Waals surface area contributed by atoms with Crippen molar-refractivity contribution in [1.29, 1.82) is 0 Å². The largest absolute Gasteiger partial charge is 0.481 e. The quantitative estimate of drug-likeness (QED) is 0.753. The van der Waals surface area contributed by atoms with Crippen LogP contribution in [0, 0.1) is 0 Å². The van der Waals surface area contributed by atoms with Crippen LogP contribution in [0.25, 0.3) is 0 Å². The summed E-state index contributed by atoms with van der Waals surface area (Å²) in [6.45, 7) is 0.196. The Balaban J connectivity index is 1.89. The van der Waals surface area contributed by atoms with Crippen LogP contribution >= 0.6 is 11.8 Å². The van der Waals surface area contributed by atoms with Gasteiger partial charge in [0.25, 0.3) is 0 Å². The van der Waals surface area contributed by atoms with Gasteiger partial charge in [-0.1, -0.05) is 12.1 Å². The summed E-state index contributed by atoms with van der Waals surface area (Å²) < 4.78 is 24.5. The lowest BCUT2D eigenvalue weighted by molar-refractivity contribution is -0.133. The number of hydrogen-bond acceptors (Lipinski definition) is 5. The topological polar surface area (TPSA) is 104 Å². The highest BCUT2D eigenvalue weighted by Crippen LogP contribution is 2.17. The van der Waals surface area contributed by atoms with Crippen LogP contribution in [0.3, 0.4) is 0 Å². The fourth-order valence-corrected chi connectivity index (χ4v) is 4.39. The second-order valence-corrected chi connectivity index (χ2v) is 8.21. The zero-order valence-electron chi connectivity index (χ0n) is 12.4. The molecule has 1 aromatic rings. The van der Waals surface area contributed by atoms with E-state index >= 15 is 0 Å². The van der Waals surface area contributed by atoms with E-state index in [1.54, 1.807) is 18.2 Å². The minimum absolute atomic E-state index is 0.0173. The predicted octanol–water partition coefficient (Wildman–Crippen LogP) is 0.978. The van der Waals surface area contributed by atoms with Gasteiger partial charge in [0, 0.05) is 18.0 Å². The lowest BCUT2D eigenvalue weighted by Crippen LogP contribution is -2.34. The number of rotatable bonds is 7. The van der Waals surface area contributed by atoms with Crippen molar-refractivity contribution >= 4 is 39.3 Å². The maximum Gasteiger partial charge on any atom is 0.313 e. The van der Waals surface area contributed by atoms with E-state index in [2.05, 4.69) is 5.32 Å². The van der Waals surface area contributed by atoms with Crippen LogP contribution in [-0.2, 0) is 25.4 Å². The van der Waals surface area contributed by atoms with E-state index in [1.807, 2.05) is 6.07 Å². The van der Waals surface area contributed by atoms with Crippen molar-refractivity contribution in [1.82, 2.24) is 4.31 Å². The zero-order valence-corrected chi connectivity index (χ0v) is 14.0. The van der Waals surface area contributed by atoms with Crippen molar-refractivity contribution in [3.63, 3.8) is 0 Å². The lowest BCUT2D eigenvalue weighted by Gasteiger charge is -2.14. The third-order valence-corrected chi connectivity index (χ3v) is 6.12. The van der Waals surface area contributed by atoms with Gasteiger partial charge in [-0.15, -0.1) is 11.8 Å². The molecule has 7 nitrogen and oxygen atoms in total. The Labute approximate surface area is 139 Å². The van der Waals surface area contributed by atoms with Gasteiger partial charge >= 0.3 is 5.97 Å². The van der Waals surface area contributed by atoms with Crippen LogP contribution in [0.5, 0.6) is 0 Å². The maximum atomic E-state index is 12.0. The van der Waals surface area contributed by atoms with Gasteiger partial charge in [0.15, 0.2) is 0 Å². The molecule has 0 aliphatic carbocycles. The van der Waals surface area contributed by atoms with Crippen molar-refractivity contribution in [2.45, 2.75) is 12.2 Å². The summed E-state index contributed by atoms with van der Waals surface area (Å²) in [6, 6.07) is 7.07. The summed E-state index contributed by atoms with van der Waals surface area (Å²) in [5, 5.41) is 11.3. The number of carbonyl (C=O) groups excluding carboxylic acids is 1. The zero-order chi connectivity index (χ0) is 16.9. The molecule has 0 radical (unpaired) electrons. The van der Waals surface area contributed by atoms with Crippen LogP contribution in [0.2, 0.25) is 0 Å². The fraction of sp³-hybridized carbons (Fsp3) is 0.429. The number of carboxylic acids is 1. The number of anilines is 1. The Hall–Kier alpha value is -1.58. The van der Waals surface area contributed by atoms with Gasteiger partial charge in [0.2, 0.25) is 15.9 Å². The molecule has 0 aromatic heterocycles. The van der Waals surface area contributed by atoms with E-state index in [1.165, 1.54) is 16.1 Å². The van der Waals surface area contributed by atoms with E-state index in [0.29, 0.717) is 24.4 Å². The van der Waals surface area contributed by atoms with Crippen LogP contribution in [0.4, 0.5) is 5.69 Å². The summed E-state index contributed by atoms with van der Waals surface area (Å²) >= 11 is 1.27. The first-order valence-corrected chi connectivity index (χ1v) is 9.79. The summed E-state index contributed by atoms with van der Waals surface area (Å²) in [7, 11) is -3.29. The average molecular weight is 358 g/mol. The second kappa shape index (κ2) is 7.80. The predicted molar refractivity (Wildman–Crippen MR) is 88.8 cm³/mol. The van der Waals surface area contributed by atoms with Crippen LogP contribution in [0.15, 0.2) is 24.3 Å². The van der Waals surface area contributed by atoms with Gasteiger partial charge in [-0.25, -0.2) is 8.42 Å². The number of aliphatic carboxylic acids is 1. The highest BCUT2D eigenvalue weighted by atomic mass is 32.2. The first kappa shape index (κ1) is 17.8. The summed E-state index contributed by atoms with van der Waals surface area (Å²) in [5.41, 5.74) is 1.46. The summed E-state index contributed by atoms with van der Waals surface area (Å²) in [6.07, 6.45) is 0.548. The van der Waals surface area contributed by atoms with Crippen molar-refractivity contribution < 1.29 is 23.1 Å². The van der Waals surface area contributed by atoms with Crippen LogP contribution < -0.4 is 5.32 Å². The molecule has 1 saturated heterocycles. The summed E-state index contributed by atoms with van der Waals surface area (Å²) in [4.78, 5) is 22.5. The molecule has 9 heteroatoms. The minimum atomic E-state index is -3.29. The van der Waals surface area contributed by atoms with E-state index < -0.39 is 16.0 Å². The lowest BCUT2D eigenvalue weighted by atomic mass is 10.2. The summed E-state index contributed by atoms with van der Waals surface area (Å²) in [5.74, 6) is -0.617. The number of amides is 1. The van der Waals surface area contributed by atoms with Gasteiger partial charge < -0.3 is 10.4 Å². The smallest absolute Gasteiger partial charge is 0.313 e. The minimum Gasteiger partial charge on any atom is -0.481 e. The fourth-order valence-electron chi connectivity index (χ4n) is 2.22. The van der Waals surface area contributed by atoms with Gasteiger partial charge in [-0.2, -0.15) is 4.31 Å². The average Bonchev–Trinajstić information content (AvgIpc) is 2.77. The van der Waals surface area contributed by atoms with E-state index in [4.69, 9.17) is 5.11 Å². The number of benzene rings is 1. The number of nitrogens with zero attached hydrogens (tertiary/aromatic N) is 1. The number of hydrogen-bond donors (Lipinski definition) is 2. The number of nitrogens with one attached hydrogen (secondary N) is 1. The molecule has 1 aliphatic heterocycles. The van der Waals surface area contributed by atoms with Crippen molar-refractivity contribution in [2.75, 3.05) is 29.9 Å². The molecule has 23 heavy (non-hydrogen) atoms. The Bertz CT molecular complexity index is 690. The molecule has 0 saturated carbocycles. The first-order chi connectivity index (χ1) is 10.9. The number of carbonyl (C=O) groups is 2. The molecule has 2 rings (SSSR count). The van der Waals surface area contributed by atoms with Gasteiger partial charge in [-0.05, 0) is 24.1 Å². The maximum absolute atomic E-state index is 12.0. The highest BCUT2D eigenvalue weighted by molar-refractivity contribution is 7.99. The standard InChI is InChI=1S/C14H18N2O5S2/c17-13(8-16-5-2-6-23(16,20)21)15-12-4-1-3-11(7-12)9-22-10-14(18)19/h1,3-4,7H,2,5-6,8-10H2,(H,15,17)(H,18,19). The van der Waals surface area contributed by atoms with Gasteiger partial charge in [0.05, 0.1) is 18.1 Å². The highest BCUT2D eigenvalue weighted by Gasteiger charge is 2.29. The van der Waals surface area contributed by atoms with E-state index in [-0.39, 0.29) is 24.0 Å². The molecule has 1 aromatic carbocycles. The SMILES string of the molecule is O=C(O)CSCc1cccc(NC(=O)CN2CCCS2(=O)=O)c1. The van der Waals surface area contributed by atoms with Gasteiger partial charge in [-0.3, -0.25) is 9.59 Å². The molecule has 2 N–H and O–H groups in total. The van der Waals surface area contributed by atoms with Crippen molar-refractivity contribution in [2.24, 2.45) is 0 Å². The van der Waals surface area contributed by atoms with Crippen LogP contribution in [-0.4, -0.2) is 54.3 Å². The van der Waals surface area contributed by atoms with E-state index in [9.17, 15) is 18.0 Å². The van der Waals surface area contributed by atoms with Gasteiger partial charge in [0.1, 0.15) is 0 Å². The number of sulfonamides is 1. The normalized spacial score (nSPS) is 17.0. The molecule has 1 heterocycles. The number of thioether (sulfide) groups is 1. The molecule has 1 fully saturated rings.